The average Bonchev–Trinajstić information content (AvgIpc) is 2.03. The third-order valence-electron chi connectivity index (χ3n) is 13.3. The molecule has 0 spiro atoms. The van der Waals surface area contributed by atoms with Gasteiger partial charge in [-0.25, -0.2) is 0 Å². The zero-order valence-electron chi connectivity index (χ0n) is 48.1. The lowest BCUT2D eigenvalue weighted by atomic mass is 10.0. The van der Waals surface area contributed by atoms with Gasteiger partial charge in [0.15, 0.2) is 5.96 Å². The molecule has 0 aliphatic rings. The number of nitrogens with two attached hydrogens (primary N) is 3. The minimum atomic E-state index is -1.91. The molecule has 4 rings (SSSR count). The highest BCUT2D eigenvalue weighted by Crippen LogP contribution is 2.20. The monoisotopic (exact) mass is 1300 g/mol. The highest BCUT2D eigenvalue weighted by atomic mass is 32.1. The van der Waals surface area contributed by atoms with Gasteiger partial charge in [-0.15, -0.1) is 0 Å². The van der Waals surface area contributed by atoms with Gasteiger partial charge in [-0.3, -0.25) is 62.5 Å². The summed E-state index contributed by atoms with van der Waals surface area (Å²) in [5.74, 6) is -14.5. The molecule has 2 aromatic carbocycles. The molecule has 492 valence electrons. The van der Waals surface area contributed by atoms with Crippen LogP contribution in [0.3, 0.4) is 0 Å². The van der Waals surface area contributed by atoms with E-state index in [0.29, 0.717) is 16.5 Å². The quantitative estimate of drug-likeness (QED) is 0.00857. The Kier molecular flexibility index (Phi) is 30.2. The van der Waals surface area contributed by atoms with Crippen molar-refractivity contribution in [3.8, 4) is 0 Å². The molecule has 0 aliphatic carbocycles. The molecule has 11 amide bonds. The first-order valence-corrected chi connectivity index (χ1v) is 28.9. The van der Waals surface area contributed by atoms with E-state index in [0.717, 1.165) is 16.5 Å². The van der Waals surface area contributed by atoms with Gasteiger partial charge < -0.3 is 116 Å². The fourth-order valence-electron chi connectivity index (χ4n) is 8.50. The minimum Gasteiger partial charge on any atom is -0.480 e. The highest BCUT2D eigenvalue weighted by molar-refractivity contribution is 7.80. The lowest BCUT2D eigenvalue weighted by Gasteiger charge is -2.26. The second kappa shape index (κ2) is 37.0. The van der Waals surface area contributed by atoms with E-state index < -0.39 is 183 Å². The number of carboxylic acids is 1. The van der Waals surface area contributed by atoms with Crippen molar-refractivity contribution in [2.24, 2.45) is 22.2 Å². The normalized spacial score (nSPS) is 14.4. The number of aliphatic hydroxyl groups excluding tert-OH is 5. The smallest absolute Gasteiger partial charge is 0.322 e. The Morgan fingerprint density at radius 3 is 1.26 bits per heavy atom. The molecule has 10 atom stereocenters. The Morgan fingerprint density at radius 2 is 0.811 bits per heavy atom. The van der Waals surface area contributed by atoms with Crippen molar-refractivity contribution < 1.29 is 88.2 Å². The van der Waals surface area contributed by atoms with Gasteiger partial charge >= 0.3 is 5.97 Å². The molecule has 0 bridgehead atoms. The summed E-state index contributed by atoms with van der Waals surface area (Å²) in [6, 6.07) is -2.21. The molecular weight excluding hydrogens is 1230 g/mol. The number of thiol groups is 2. The molecule has 0 fully saturated rings. The second-order valence-electron chi connectivity index (χ2n) is 19.9. The molecule has 25 N–H and O–H groups in total. The number of nitrogens with zero attached hydrogens (tertiary/aromatic N) is 1. The van der Waals surface area contributed by atoms with Crippen molar-refractivity contribution in [3.05, 3.63) is 72.1 Å². The number of aliphatic imine (C=N–C) groups is 1. The highest BCUT2D eigenvalue weighted by Gasteiger charge is 2.35. The molecule has 2 heterocycles. The summed E-state index contributed by atoms with van der Waals surface area (Å²) in [5, 5.41) is 85.7. The predicted molar refractivity (Wildman–Crippen MR) is 326 cm³/mol. The first kappa shape index (κ1) is 73.4. The number of carbonyl (C=O) groups excluding carboxylic acids is 11. The number of carboxylic acid groups (broad SMARTS) is 1. The van der Waals surface area contributed by atoms with E-state index in [1.807, 2.05) is 29.6 Å². The number of rotatable bonds is 38. The van der Waals surface area contributed by atoms with Gasteiger partial charge in [-0.1, -0.05) is 36.4 Å². The third kappa shape index (κ3) is 22.5. The van der Waals surface area contributed by atoms with Crippen molar-refractivity contribution in [1.82, 2.24) is 68.5 Å². The van der Waals surface area contributed by atoms with E-state index in [1.165, 1.54) is 0 Å². The van der Waals surface area contributed by atoms with Crippen LogP contribution < -0.4 is 75.7 Å². The molecule has 35 nitrogen and oxygen atoms in total. The molecule has 0 saturated heterocycles. The van der Waals surface area contributed by atoms with Crippen molar-refractivity contribution in [2.45, 2.75) is 86.1 Å². The van der Waals surface area contributed by atoms with Gasteiger partial charge in [0, 0.05) is 58.7 Å². The number of nitrogens with one attached hydrogen (secondary N) is 13. The van der Waals surface area contributed by atoms with Crippen LogP contribution in [0.15, 0.2) is 65.9 Å². The number of carbonyl (C=O) groups is 12. The van der Waals surface area contributed by atoms with Crippen LogP contribution >= 0.6 is 25.3 Å². The number of benzene rings is 2. The summed E-state index contributed by atoms with van der Waals surface area (Å²) in [7, 11) is 0. The van der Waals surface area contributed by atoms with Gasteiger partial charge in [-0.05, 0) is 42.5 Å². The van der Waals surface area contributed by atoms with Gasteiger partial charge in [0.05, 0.1) is 45.6 Å². The maximum absolute atomic E-state index is 14.0. The van der Waals surface area contributed by atoms with Gasteiger partial charge in [-0.2, -0.15) is 25.3 Å². The lowest BCUT2D eigenvalue weighted by molar-refractivity contribution is -0.138. The summed E-state index contributed by atoms with van der Waals surface area (Å²) in [6.07, 6.45) is 2.78. The van der Waals surface area contributed by atoms with Gasteiger partial charge in [0.2, 0.25) is 65.0 Å². The zero-order chi connectivity index (χ0) is 66.6. The number of amides is 11. The van der Waals surface area contributed by atoms with Crippen molar-refractivity contribution in [3.63, 3.8) is 0 Å². The molecule has 0 unspecified atom stereocenters. The number of aliphatic hydroxyl groups is 5. The summed E-state index contributed by atoms with van der Waals surface area (Å²) < 4.78 is 0. The van der Waals surface area contributed by atoms with Crippen LogP contribution in [0.1, 0.15) is 24.0 Å². The fraction of sp³-hybridized carbons (Fsp3) is 0.453. The van der Waals surface area contributed by atoms with Crippen LogP contribution in [0.4, 0.5) is 0 Å². The molecular formula is C53H75N17O18S2. The topological polar surface area (TPSA) is 581 Å². The Morgan fingerprint density at radius 1 is 0.456 bits per heavy atom. The Balaban J connectivity index is 1.39. The number of aliphatic carboxylic acids is 1. The van der Waals surface area contributed by atoms with Crippen molar-refractivity contribution in [1.29, 1.82) is 0 Å². The van der Waals surface area contributed by atoms with Gasteiger partial charge in [0.1, 0.15) is 60.9 Å². The number of fused-ring (bicyclic) bond motifs is 2. The standard InChI is InChI=1S/C53H75N17O18S2/c54-29(12-25-14-58-30-8-3-1-6-27(25)30)43(79)64-34(18-71)44(80)60-16-41(76)62-33(13-26-15-59-31-9-4-2-7-28(26)31)47(83)66-36(20-73)49(85)67-38(22-75)51(87)70-40(24-90)52(88)68-35(19-72)48(84)63-32(10-5-11-57-53(55)56)46(82)65-37(21-74)50(86)69-39(23-89)45(81)61-17-42(77)78/h1-4,6-9,14-15,29,32-40,58-59,71-75,89-90H,5,10-13,16-24,54H2,(H,60,80)(H,61,81)(H,62,76)(H,63,84)(H,64,79)(H,65,82)(H,66,83)(H,67,85)(H,68,88)(H,69,86)(H,70,87)(H,77,78)(H4,55,56,57)/t29-,32-,33-,34-,35-,36-,37-,38-,39-,40-/m0/s1. The predicted octanol–water partition coefficient (Wildman–Crippen LogP) is -9.68. The lowest BCUT2D eigenvalue weighted by Crippen LogP contribution is -2.62. The molecule has 0 saturated carbocycles. The summed E-state index contributed by atoms with van der Waals surface area (Å²) in [5.41, 5.74) is 19.6. The van der Waals surface area contributed by atoms with Crippen LogP contribution in [0.2, 0.25) is 0 Å². The second-order valence-corrected chi connectivity index (χ2v) is 20.6. The van der Waals surface area contributed by atoms with Gasteiger partial charge in [0.25, 0.3) is 0 Å². The van der Waals surface area contributed by atoms with E-state index >= 15 is 0 Å². The van der Waals surface area contributed by atoms with Crippen molar-refractivity contribution in [2.75, 3.05) is 64.2 Å². The SMILES string of the molecule is NC(N)=NCCC[C@H](NC(=O)[C@H](CO)NC(=O)[C@H](CS)NC(=O)[C@H](CO)NC(=O)[C@H](CO)NC(=O)[C@H](Cc1c[nH]c2ccccc12)NC(=O)CNC(=O)[C@H](CO)NC(=O)[C@@H](N)Cc1c[nH]c2ccccc12)C(=O)N[C@@H](CO)C(=O)N[C@@H](CS)C(=O)NCC(=O)O. The summed E-state index contributed by atoms with van der Waals surface area (Å²) >= 11 is 8.04. The van der Waals surface area contributed by atoms with E-state index in [1.54, 1.807) is 36.7 Å². The first-order chi connectivity index (χ1) is 42.9. The summed E-state index contributed by atoms with van der Waals surface area (Å²) in [6.45, 7) is -7.05. The van der Waals surface area contributed by atoms with Crippen LogP contribution in [0, 0.1) is 0 Å². The molecule has 2 aromatic heterocycles. The first-order valence-electron chi connectivity index (χ1n) is 27.6. The Labute approximate surface area is 523 Å². The number of guanidine groups is 1. The van der Waals surface area contributed by atoms with Crippen LogP contribution in [-0.2, 0) is 70.4 Å². The van der Waals surface area contributed by atoms with Crippen LogP contribution in [0.25, 0.3) is 21.8 Å². The number of hydrogen-bond donors (Lipinski definition) is 24. The number of aromatic amines is 2. The zero-order valence-corrected chi connectivity index (χ0v) is 49.9. The van der Waals surface area contributed by atoms with Crippen LogP contribution in [-0.4, -0.2) is 242 Å². The molecule has 4 aromatic rings. The molecule has 0 aliphatic heterocycles. The third-order valence-corrected chi connectivity index (χ3v) is 14.1. The van der Waals surface area contributed by atoms with Crippen molar-refractivity contribution >= 4 is 124 Å². The van der Waals surface area contributed by atoms with Crippen LogP contribution in [0.5, 0.6) is 0 Å². The number of H-pyrrole nitrogens is 2. The maximum atomic E-state index is 14.0. The van der Waals surface area contributed by atoms with E-state index in [-0.39, 0.29) is 43.9 Å². The largest absolute Gasteiger partial charge is 0.480 e. The van der Waals surface area contributed by atoms with E-state index in [4.69, 9.17) is 22.3 Å². The van der Waals surface area contributed by atoms with E-state index in [2.05, 4.69) is 93.4 Å². The maximum Gasteiger partial charge on any atom is 0.322 e. The summed E-state index contributed by atoms with van der Waals surface area (Å²) in [4.78, 5) is 168. The number of para-hydroxylation sites is 2. The molecule has 90 heavy (non-hydrogen) atoms. The Bertz CT molecular complexity index is 3200. The fourth-order valence-corrected chi connectivity index (χ4v) is 9.01. The number of hydrogen-bond acceptors (Lipinski definition) is 21. The molecule has 0 radical (unpaired) electrons. The number of aromatic nitrogens is 2. The minimum absolute atomic E-state index is 0.00682. The average molecular weight is 1300 g/mol. The van der Waals surface area contributed by atoms with E-state index in [9.17, 15) is 83.1 Å². The Hall–Kier alpha value is -9.11. The molecule has 37 heteroatoms.